The van der Waals surface area contributed by atoms with E-state index in [0.717, 1.165) is 13.0 Å². The number of amidine groups is 1. The van der Waals surface area contributed by atoms with Crippen LogP contribution in [0.1, 0.15) is 31.2 Å². The standard InChI is InChI=1S/C15H22FN3O/c1-19-8-3-2-4-12(19)7-9-20-14-6-5-11(15(17)18)10-13(14)16/h5-6,10,12H,2-4,7-9H2,1H3,(H3,17,18). The van der Waals surface area contributed by atoms with Gasteiger partial charge in [0.25, 0.3) is 0 Å². The van der Waals surface area contributed by atoms with Gasteiger partial charge in [0.15, 0.2) is 11.6 Å². The summed E-state index contributed by atoms with van der Waals surface area (Å²) in [5.74, 6) is -0.373. The van der Waals surface area contributed by atoms with E-state index in [9.17, 15) is 4.39 Å². The SMILES string of the molecule is CN1CCCCC1CCOc1ccc(C(=N)N)cc1F. The lowest BCUT2D eigenvalue weighted by atomic mass is 10.0. The molecule has 110 valence electrons. The number of nitrogen functional groups attached to an aromatic ring is 1. The summed E-state index contributed by atoms with van der Waals surface area (Å²) in [4.78, 5) is 2.35. The number of likely N-dealkylation sites (tertiary alicyclic amines) is 1. The minimum absolute atomic E-state index is 0.140. The third kappa shape index (κ3) is 3.70. The highest BCUT2D eigenvalue weighted by Gasteiger charge is 2.18. The predicted molar refractivity (Wildman–Crippen MR) is 77.8 cm³/mol. The summed E-state index contributed by atoms with van der Waals surface area (Å²) in [6.45, 7) is 1.64. The lowest BCUT2D eigenvalue weighted by Crippen LogP contribution is -2.37. The number of rotatable bonds is 5. The molecule has 1 aromatic rings. The molecule has 1 fully saturated rings. The number of hydrogen-bond acceptors (Lipinski definition) is 3. The van der Waals surface area contributed by atoms with E-state index < -0.39 is 5.82 Å². The van der Waals surface area contributed by atoms with Crippen molar-refractivity contribution in [1.82, 2.24) is 4.90 Å². The quantitative estimate of drug-likeness (QED) is 0.642. The molecule has 4 nitrogen and oxygen atoms in total. The first-order valence-electron chi connectivity index (χ1n) is 7.05. The molecule has 1 heterocycles. The number of nitrogens with two attached hydrogens (primary N) is 1. The second-order valence-electron chi connectivity index (χ2n) is 5.33. The Labute approximate surface area is 119 Å². The fourth-order valence-electron chi connectivity index (χ4n) is 2.60. The summed E-state index contributed by atoms with van der Waals surface area (Å²) < 4.78 is 19.3. The van der Waals surface area contributed by atoms with Gasteiger partial charge in [-0.1, -0.05) is 6.42 Å². The molecule has 1 aliphatic heterocycles. The maximum atomic E-state index is 13.8. The molecule has 0 aliphatic carbocycles. The molecule has 0 amide bonds. The second-order valence-corrected chi connectivity index (χ2v) is 5.33. The number of nitrogens with one attached hydrogen (secondary N) is 1. The molecule has 5 heteroatoms. The molecule has 1 atom stereocenters. The van der Waals surface area contributed by atoms with E-state index in [4.69, 9.17) is 15.9 Å². The van der Waals surface area contributed by atoms with Crippen LogP contribution in [0.4, 0.5) is 4.39 Å². The summed E-state index contributed by atoms with van der Waals surface area (Å²) in [5.41, 5.74) is 5.69. The van der Waals surface area contributed by atoms with Gasteiger partial charge in [-0.3, -0.25) is 5.41 Å². The number of benzene rings is 1. The molecule has 0 spiro atoms. The molecule has 1 aliphatic rings. The van der Waals surface area contributed by atoms with Gasteiger partial charge >= 0.3 is 0 Å². The van der Waals surface area contributed by atoms with Crippen molar-refractivity contribution in [1.29, 1.82) is 5.41 Å². The molecule has 0 saturated carbocycles. The molecular weight excluding hydrogens is 257 g/mol. The van der Waals surface area contributed by atoms with Crippen LogP contribution in [0.3, 0.4) is 0 Å². The van der Waals surface area contributed by atoms with Crippen molar-refractivity contribution in [2.45, 2.75) is 31.7 Å². The number of hydrogen-bond donors (Lipinski definition) is 2. The van der Waals surface area contributed by atoms with Gasteiger partial charge in [-0.15, -0.1) is 0 Å². The minimum atomic E-state index is -0.463. The Kier molecular flexibility index (Phi) is 4.95. The normalized spacial score (nSPS) is 19.8. The summed E-state index contributed by atoms with van der Waals surface area (Å²) in [6, 6.07) is 4.91. The summed E-state index contributed by atoms with van der Waals surface area (Å²) >= 11 is 0. The van der Waals surface area contributed by atoms with Gasteiger partial charge in [-0.25, -0.2) is 4.39 Å². The van der Waals surface area contributed by atoms with Crippen molar-refractivity contribution in [2.75, 3.05) is 20.2 Å². The van der Waals surface area contributed by atoms with E-state index in [0.29, 0.717) is 18.2 Å². The lowest BCUT2D eigenvalue weighted by molar-refractivity contribution is 0.151. The third-order valence-electron chi connectivity index (χ3n) is 3.87. The number of piperidine rings is 1. The smallest absolute Gasteiger partial charge is 0.165 e. The Morgan fingerprint density at radius 2 is 2.30 bits per heavy atom. The van der Waals surface area contributed by atoms with Gasteiger partial charge < -0.3 is 15.4 Å². The molecule has 0 bridgehead atoms. The number of nitrogens with zero attached hydrogens (tertiary/aromatic N) is 1. The Hall–Kier alpha value is -1.62. The van der Waals surface area contributed by atoms with Crippen LogP contribution in [-0.4, -0.2) is 37.0 Å². The molecule has 1 aromatic carbocycles. The van der Waals surface area contributed by atoms with Crippen LogP contribution in [0.2, 0.25) is 0 Å². The third-order valence-corrected chi connectivity index (χ3v) is 3.87. The fraction of sp³-hybridized carbons (Fsp3) is 0.533. The monoisotopic (exact) mass is 279 g/mol. The number of ether oxygens (including phenoxy) is 1. The van der Waals surface area contributed by atoms with Crippen LogP contribution in [-0.2, 0) is 0 Å². The highest BCUT2D eigenvalue weighted by molar-refractivity contribution is 5.95. The van der Waals surface area contributed by atoms with Crippen molar-refractivity contribution in [3.63, 3.8) is 0 Å². The van der Waals surface area contributed by atoms with Gasteiger partial charge in [0.05, 0.1) is 6.61 Å². The Morgan fingerprint density at radius 3 is 2.95 bits per heavy atom. The molecule has 0 aromatic heterocycles. The molecule has 1 saturated heterocycles. The van der Waals surface area contributed by atoms with E-state index in [-0.39, 0.29) is 11.6 Å². The summed E-state index contributed by atoms with van der Waals surface area (Å²) in [6.07, 6.45) is 4.61. The summed E-state index contributed by atoms with van der Waals surface area (Å²) in [5, 5.41) is 7.26. The molecular formula is C15H22FN3O. The van der Waals surface area contributed by atoms with E-state index in [1.165, 1.54) is 31.4 Å². The molecule has 1 unspecified atom stereocenters. The first-order valence-corrected chi connectivity index (χ1v) is 7.05. The maximum absolute atomic E-state index is 13.8. The lowest BCUT2D eigenvalue weighted by Gasteiger charge is -2.32. The average Bonchev–Trinajstić information content (AvgIpc) is 2.42. The van der Waals surface area contributed by atoms with Gasteiger partial charge in [-0.05, 0) is 51.1 Å². The van der Waals surface area contributed by atoms with Crippen LogP contribution in [0.15, 0.2) is 18.2 Å². The molecule has 0 radical (unpaired) electrons. The second kappa shape index (κ2) is 6.70. The van der Waals surface area contributed by atoms with Crippen molar-refractivity contribution in [2.24, 2.45) is 5.73 Å². The van der Waals surface area contributed by atoms with E-state index in [1.54, 1.807) is 6.07 Å². The maximum Gasteiger partial charge on any atom is 0.165 e. The molecule has 20 heavy (non-hydrogen) atoms. The zero-order valence-corrected chi connectivity index (χ0v) is 11.9. The van der Waals surface area contributed by atoms with E-state index >= 15 is 0 Å². The zero-order valence-electron chi connectivity index (χ0n) is 11.9. The van der Waals surface area contributed by atoms with Crippen molar-refractivity contribution < 1.29 is 9.13 Å². The highest BCUT2D eigenvalue weighted by Crippen LogP contribution is 2.21. The van der Waals surface area contributed by atoms with Crippen LogP contribution in [0.5, 0.6) is 5.75 Å². The topological polar surface area (TPSA) is 62.3 Å². The Morgan fingerprint density at radius 1 is 1.50 bits per heavy atom. The minimum Gasteiger partial charge on any atom is -0.490 e. The van der Waals surface area contributed by atoms with Crippen molar-refractivity contribution in [3.8, 4) is 5.75 Å². The van der Waals surface area contributed by atoms with Crippen LogP contribution >= 0.6 is 0 Å². The van der Waals surface area contributed by atoms with Gasteiger partial charge in [-0.2, -0.15) is 0 Å². The molecule has 2 rings (SSSR count). The van der Waals surface area contributed by atoms with Crippen molar-refractivity contribution in [3.05, 3.63) is 29.6 Å². The largest absolute Gasteiger partial charge is 0.490 e. The Balaban J connectivity index is 1.86. The predicted octanol–water partition coefficient (Wildman–Crippen LogP) is 2.36. The van der Waals surface area contributed by atoms with Gasteiger partial charge in [0.1, 0.15) is 5.84 Å². The van der Waals surface area contributed by atoms with Gasteiger partial charge in [0.2, 0.25) is 0 Å². The Bertz CT molecular complexity index is 478. The van der Waals surface area contributed by atoms with Crippen molar-refractivity contribution >= 4 is 5.84 Å². The average molecular weight is 279 g/mol. The van der Waals surface area contributed by atoms with E-state index in [1.807, 2.05) is 0 Å². The number of halogens is 1. The van der Waals surface area contributed by atoms with Gasteiger partial charge in [0, 0.05) is 11.6 Å². The molecule has 3 N–H and O–H groups in total. The summed E-state index contributed by atoms with van der Waals surface area (Å²) in [7, 11) is 2.13. The van der Waals surface area contributed by atoms with Crippen LogP contribution in [0, 0.1) is 11.2 Å². The highest BCUT2D eigenvalue weighted by atomic mass is 19.1. The first kappa shape index (κ1) is 14.8. The van der Waals surface area contributed by atoms with E-state index in [2.05, 4.69) is 11.9 Å². The zero-order chi connectivity index (χ0) is 14.5. The first-order chi connectivity index (χ1) is 9.58. The van der Waals surface area contributed by atoms with Crippen LogP contribution < -0.4 is 10.5 Å². The fourth-order valence-corrected chi connectivity index (χ4v) is 2.60. The van der Waals surface area contributed by atoms with Crippen LogP contribution in [0.25, 0.3) is 0 Å².